The fourth-order valence-electron chi connectivity index (χ4n) is 2.14. The van der Waals surface area contributed by atoms with Crippen molar-refractivity contribution in [2.45, 2.75) is 58.3 Å². The van der Waals surface area contributed by atoms with Crippen LogP contribution in [0.15, 0.2) is 12.7 Å². The Bertz CT molecular complexity index is 281. The predicted molar refractivity (Wildman–Crippen MR) is 96.2 cm³/mol. The monoisotopic (exact) mass is 344 g/mol. The molecule has 0 radical (unpaired) electrons. The van der Waals surface area contributed by atoms with Crippen LogP contribution in [-0.2, 0) is 23.7 Å². The number of esters is 1. The zero-order valence-electron chi connectivity index (χ0n) is 15.4. The van der Waals surface area contributed by atoms with Gasteiger partial charge in [-0.25, -0.2) is 4.79 Å². The van der Waals surface area contributed by atoms with Crippen LogP contribution in [0.5, 0.6) is 0 Å². The van der Waals surface area contributed by atoms with Crippen LogP contribution >= 0.6 is 0 Å². The molecule has 0 atom stereocenters. The minimum Gasteiger partial charge on any atom is -0.460 e. The average molecular weight is 344 g/mol. The van der Waals surface area contributed by atoms with E-state index >= 15 is 0 Å². The summed E-state index contributed by atoms with van der Waals surface area (Å²) in [6.45, 7) is 9.23. The Kier molecular flexibility index (Phi) is 19.4. The minimum absolute atomic E-state index is 0.243. The summed E-state index contributed by atoms with van der Waals surface area (Å²) in [5, 5.41) is 0. The summed E-state index contributed by atoms with van der Waals surface area (Å²) in [5.41, 5.74) is 0. The van der Waals surface area contributed by atoms with E-state index in [0.29, 0.717) is 33.0 Å². The van der Waals surface area contributed by atoms with Crippen LogP contribution in [-0.4, -0.2) is 52.2 Å². The van der Waals surface area contributed by atoms with Gasteiger partial charge in [-0.2, -0.15) is 0 Å². The van der Waals surface area contributed by atoms with E-state index in [1.165, 1.54) is 44.9 Å². The molecule has 0 aromatic carbocycles. The number of hydrogen-bond acceptors (Lipinski definition) is 5. The smallest absolute Gasteiger partial charge is 0.330 e. The number of ether oxygens (including phenoxy) is 4. The van der Waals surface area contributed by atoms with E-state index in [-0.39, 0.29) is 6.61 Å². The van der Waals surface area contributed by atoms with Gasteiger partial charge in [0.2, 0.25) is 0 Å². The Hall–Kier alpha value is -0.910. The van der Waals surface area contributed by atoms with Gasteiger partial charge < -0.3 is 18.9 Å². The maximum absolute atomic E-state index is 10.7. The molecular formula is C19H36O5. The van der Waals surface area contributed by atoms with Gasteiger partial charge in [-0.3, -0.25) is 0 Å². The SMILES string of the molecule is C=CC(=O)OCCOCCOCCOCCCCCCCCCC. The molecule has 0 saturated heterocycles. The molecule has 0 aliphatic carbocycles. The zero-order valence-corrected chi connectivity index (χ0v) is 15.4. The highest BCUT2D eigenvalue weighted by molar-refractivity contribution is 5.81. The number of rotatable bonds is 19. The Balaban J connectivity index is 3.00. The minimum atomic E-state index is -0.427. The standard InChI is InChI=1S/C19H36O5/c1-3-5-6-7-8-9-10-11-12-21-13-14-22-15-16-23-17-18-24-19(20)4-2/h4H,2-3,5-18H2,1H3. The Morgan fingerprint density at radius 3 is 1.71 bits per heavy atom. The zero-order chi connectivity index (χ0) is 17.7. The molecule has 5 nitrogen and oxygen atoms in total. The number of hydrogen-bond donors (Lipinski definition) is 0. The van der Waals surface area contributed by atoms with Crippen molar-refractivity contribution in [3.63, 3.8) is 0 Å². The van der Waals surface area contributed by atoms with E-state index in [1.54, 1.807) is 0 Å². The van der Waals surface area contributed by atoms with Crippen molar-refractivity contribution < 1.29 is 23.7 Å². The highest BCUT2D eigenvalue weighted by Gasteiger charge is 1.96. The van der Waals surface area contributed by atoms with E-state index < -0.39 is 5.97 Å². The Labute approximate surface area is 147 Å². The molecule has 24 heavy (non-hydrogen) atoms. The summed E-state index contributed by atoms with van der Waals surface area (Å²) in [6, 6.07) is 0. The third-order valence-electron chi connectivity index (χ3n) is 3.52. The lowest BCUT2D eigenvalue weighted by Gasteiger charge is -2.07. The fourth-order valence-corrected chi connectivity index (χ4v) is 2.14. The van der Waals surface area contributed by atoms with Gasteiger partial charge in [-0.1, -0.05) is 58.4 Å². The predicted octanol–water partition coefficient (Wildman–Crippen LogP) is 3.91. The quantitative estimate of drug-likeness (QED) is 0.202. The van der Waals surface area contributed by atoms with Crippen molar-refractivity contribution in [2.75, 3.05) is 46.2 Å². The maximum Gasteiger partial charge on any atom is 0.330 e. The van der Waals surface area contributed by atoms with Crippen LogP contribution in [0.1, 0.15) is 58.3 Å². The van der Waals surface area contributed by atoms with Gasteiger partial charge in [0, 0.05) is 12.7 Å². The summed E-state index contributed by atoms with van der Waals surface area (Å²) < 4.78 is 21.0. The first kappa shape index (κ1) is 23.1. The third-order valence-corrected chi connectivity index (χ3v) is 3.52. The van der Waals surface area contributed by atoms with E-state index in [0.717, 1.165) is 19.1 Å². The van der Waals surface area contributed by atoms with Crippen LogP contribution in [0.4, 0.5) is 0 Å². The van der Waals surface area contributed by atoms with Gasteiger partial charge in [0.05, 0.1) is 33.0 Å². The number of unbranched alkanes of at least 4 members (excludes halogenated alkanes) is 7. The highest BCUT2D eigenvalue weighted by Crippen LogP contribution is 2.08. The lowest BCUT2D eigenvalue weighted by molar-refractivity contribution is -0.139. The lowest BCUT2D eigenvalue weighted by Crippen LogP contribution is -2.13. The second-order valence-electron chi connectivity index (χ2n) is 5.68. The molecular weight excluding hydrogens is 308 g/mol. The molecule has 0 N–H and O–H groups in total. The average Bonchev–Trinajstić information content (AvgIpc) is 2.60. The first-order valence-corrected chi connectivity index (χ1v) is 9.33. The highest BCUT2D eigenvalue weighted by atomic mass is 16.6. The molecule has 0 aliphatic rings. The normalized spacial score (nSPS) is 10.7. The van der Waals surface area contributed by atoms with Crippen molar-refractivity contribution in [3.05, 3.63) is 12.7 Å². The Morgan fingerprint density at radius 1 is 0.708 bits per heavy atom. The van der Waals surface area contributed by atoms with Crippen LogP contribution < -0.4 is 0 Å². The maximum atomic E-state index is 10.7. The van der Waals surface area contributed by atoms with Crippen molar-refractivity contribution in [2.24, 2.45) is 0 Å². The van der Waals surface area contributed by atoms with Crippen LogP contribution in [0.25, 0.3) is 0 Å². The van der Waals surface area contributed by atoms with Gasteiger partial charge in [-0.05, 0) is 6.42 Å². The van der Waals surface area contributed by atoms with Crippen molar-refractivity contribution in [1.29, 1.82) is 0 Å². The summed E-state index contributed by atoms with van der Waals surface area (Å²) in [6.07, 6.45) is 11.7. The van der Waals surface area contributed by atoms with Crippen molar-refractivity contribution in [1.82, 2.24) is 0 Å². The first-order valence-electron chi connectivity index (χ1n) is 9.33. The summed E-state index contributed by atoms with van der Waals surface area (Å²) in [5.74, 6) is -0.427. The van der Waals surface area contributed by atoms with Crippen molar-refractivity contribution in [3.8, 4) is 0 Å². The lowest BCUT2D eigenvalue weighted by atomic mass is 10.1. The molecule has 0 unspecified atom stereocenters. The topological polar surface area (TPSA) is 54.0 Å². The molecule has 0 aliphatic heterocycles. The van der Waals surface area contributed by atoms with Gasteiger partial charge in [0.25, 0.3) is 0 Å². The second kappa shape index (κ2) is 20.1. The van der Waals surface area contributed by atoms with Gasteiger partial charge in [0.1, 0.15) is 6.61 Å². The summed E-state index contributed by atoms with van der Waals surface area (Å²) in [4.78, 5) is 10.7. The fraction of sp³-hybridized carbons (Fsp3) is 0.842. The molecule has 142 valence electrons. The van der Waals surface area contributed by atoms with E-state index in [9.17, 15) is 4.79 Å². The van der Waals surface area contributed by atoms with Crippen LogP contribution in [0, 0.1) is 0 Å². The Morgan fingerprint density at radius 2 is 1.17 bits per heavy atom. The number of carbonyl (C=O) groups excluding carboxylic acids is 1. The van der Waals surface area contributed by atoms with Crippen LogP contribution in [0.2, 0.25) is 0 Å². The largest absolute Gasteiger partial charge is 0.460 e. The second-order valence-corrected chi connectivity index (χ2v) is 5.68. The van der Waals surface area contributed by atoms with Crippen molar-refractivity contribution >= 4 is 5.97 Å². The molecule has 0 aromatic rings. The molecule has 0 spiro atoms. The molecule has 0 aromatic heterocycles. The molecule has 0 amide bonds. The van der Waals surface area contributed by atoms with E-state index in [4.69, 9.17) is 18.9 Å². The van der Waals surface area contributed by atoms with Gasteiger partial charge in [0.15, 0.2) is 0 Å². The van der Waals surface area contributed by atoms with E-state index in [2.05, 4.69) is 13.5 Å². The number of carbonyl (C=O) groups is 1. The van der Waals surface area contributed by atoms with Gasteiger partial charge >= 0.3 is 5.97 Å². The molecule has 0 heterocycles. The molecule has 0 rings (SSSR count). The first-order chi connectivity index (χ1) is 11.8. The molecule has 0 bridgehead atoms. The van der Waals surface area contributed by atoms with E-state index in [1.807, 2.05) is 0 Å². The van der Waals surface area contributed by atoms with Crippen LogP contribution in [0.3, 0.4) is 0 Å². The summed E-state index contributed by atoms with van der Waals surface area (Å²) in [7, 11) is 0. The third kappa shape index (κ3) is 19.1. The molecule has 5 heteroatoms. The molecule has 0 saturated carbocycles. The van der Waals surface area contributed by atoms with Gasteiger partial charge in [-0.15, -0.1) is 0 Å². The molecule has 0 fully saturated rings. The summed E-state index contributed by atoms with van der Waals surface area (Å²) >= 11 is 0.